The highest BCUT2D eigenvalue weighted by molar-refractivity contribution is 6.43. The zero-order chi connectivity index (χ0) is 18.6. The van der Waals surface area contributed by atoms with Crippen LogP contribution in [0.3, 0.4) is 0 Å². The molecule has 1 fully saturated rings. The summed E-state index contributed by atoms with van der Waals surface area (Å²) in [5.74, 6) is -1.31. The number of ketones is 1. The van der Waals surface area contributed by atoms with Crippen LogP contribution in [0.1, 0.15) is 27.2 Å². The molecule has 0 aromatic carbocycles. The highest BCUT2D eigenvalue weighted by Crippen LogP contribution is 2.24. The van der Waals surface area contributed by atoms with Crippen LogP contribution in [0, 0.1) is 0 Å². The molecule has 0 aromatic heterocycles. The summed E-state index contributed by atoms with van der Waals surface area (Å²) in [6.45, 7) is 5.73. The van der Waals surface area contributed by atoms with Gasteiger partial charge in [0.15, 0.2) is 0 Å². The van der Waals surface area contributed by atoms with E-state index >= 15 is 0 Å². The molecule has 0 aromatic rings. The van der Waals surface area contributed by atoms with Gasteiger partial charge in [0.05, 0.1) is 13.1 Å². The van der Waals surface area contributed by atoms with Gasteiger partial charge in [-0.05, 0) is 44.4 Å². The van der Waals surface area contributed by atoms with Crippen molar-refractivity contribution in [2.75, 3.05) is 13.1 Å². The molecule has 1 atom stereocenters. The molecule has 1 aliphatic heterocycles. The van der Waals surface area contributed by atoms with E-state index in [4.69, 9.17) is 0 Å². The van der Waals surface area contributed by atoms with E-state index in [1.807, 2.05) is 6.92 Å². The second kappa shape index (κ2) is 7.78. The molecule has 2 aliphatic rings. The number of nitrogens with one attached hydrogen (secondary N) is 2. The van der Waals surface area contributed by atoms with E-state index in [1.165, 1.54) is 11.2 Å². The van der Waals surface area contributed by atoms with Crippen LogP contribution in [0.2, 0.25) is 0 Å². The third kappa shape index (κ3) is 4.34. The van der Waals surface area contributed by atoms with Crippen LogP contribution in [-0.4, -0.2) is 53.2 Å². The highest BCUT2D eigenvalue weighted by Gasteiger charge is 2.25. The first kappa shape index (κ1) is 18.4. The number of urea groups is 1. The van der Waals surface area contributed by atoms with E-state index < -0.39 is 11.7 Å². The second-order valence-corrected chi connectivity index (χ2v) is 5.96. The number of hydrogen-bond acceptors (Lipinski definition) is 5. The molecule has 0 radical (unpaired) electrons. The number of hydrazone groups is 1. The highest BCUT2D eigenvalue weighted by atomic mass is 16.3. The van der Waals surface area contributed by atoms with Gasteiger partial charge in [-0.3, -0.25) is 9.59 Å². The van der Waals surface area contributed by atoms with Gasteiger partial charge in [0.2, 0.25) is 5.78 Å². The maximum atomic E-state index is 12.3. The van der Waals surface area contributed by atoms with Crippen LogP contribution in [-0.2, 0) is 9.59 Å². The van der Waals surface area contributed by atoms with Gasteiger partial charge >= 0.3 is 6.03 Å². The Kier molecular flexibility index (Phi) is 5.74. The summed E-state index contributed by atoms with van der Waals surface area (Å²) in [6.07, 6.45) is 4.95. The smallest absolute Gasteiger partial charge is 0.338 e. The molecule has 0 bridgehead atoms. The molecule has 3 amide bonds. The molecule has 1 heterocycles. The summed E-state index contributed by atoms with van der Waals surface area (Å²) in [4.78, 5) is 35.8. The van der Waals surface area contributed by atoms with Gasteiger partial charge < -0.3 is 15.7 Å². The number of aliphatic hydroxyl groups is 1. The van der Waals surface area contributed by atoms with Gasteiger partial charge in [0.1, 0.15) is 5.76 Å². The van der Waals surface area contributed by atoms with Crippen molar-refractivity contribution in [1.82, 2.24) is 15.6 Å². The van der Waals surface area contributed by atoms with E-state index in [2.05, 4.69) is 15.7 Å². The van der Waals surface area contributed by atoms with Crippen molar-refractivity contribution >= 4 is 23.9 Å². The van der Waals surface area contributed by atoms with Gasteiger partial charge in [0, 0.05) is 17.8 Å². The fourth-order valence-corrected chi connectivity index (χ4v) is 2.50. The molecule has 8 heteroatoms. The summed E-state index contributed by atoms with van der Waals surface area (Å²) in [6, 6.07) is -0.274. The first-order valence-electron chi connectivity index (χ1n) is 8.01. The van der Waals surface area contributed by atoms with Crippen LogP contribution in [0.25, 0.3) is 0 Å². The predicted molar refractivity (Wildman–Crippen MR) is 93.0 cm³/mol. The molecule has 0 unspecified atom stereocenters. The number of Topliss-reactive ketones (excluding diaryl/α,β-unsaturated/α-hetero) is 1. The Labute approximate surface area is 146 Å². The average molecular weight is 346 g/mol. The standard InChI is InChI=1S/C17H22N4O4/c1-10-9-21(17(25)20-10)19-8-7-18-16(24)15(23)13-5-4-6-14(22)12(3)11(13)2/h5-6,8,10,22H,4,7,9H2,1-3H3,(H,18,24)(H,20,25)/b19-8+/t10-/m0/s1. The lowest BCUT2D eigenvalue weighted by Crippen LogP contribution is -2.34. The molecule has 8 nitrogen and oxygen atoms in total. The molecule has 0 spiro atoms. The van der Waals surface area contributed by atoms with Crippen LogP contribution in [0.4, 0.5) is 4.79 Å². The number of carbonyl (C=O) groups is 3. The Balaban J connectivity index is 1.92. The maximum absolute atomic E-state index is 12.3. The zero-order valence-corrected chi connectivity index (χ0v) is 14.5. The Morgan fingerprint density at radius 2 is 2.12 bits per heavy atom. The molecule has 0 saturated carbocycles. The Morgan fingerprint density at radius 3 is 2.76 bits per heavy atom. The number of nitrogens with zero attached hydrogens (tertiary/aromatic N) is 2. The number of allylic oxidation sites excluding steroid dienone is 4. The minimum atomic E-state index is -0.759. The van der Waals surface area contributed by atoms with Crippen LogP contribution in [0.5, 0.6) is 0 Å². The minimum Gasteiger partial charge on any atom is -0.508 e. The molecular weight excluding hydrogens is 324 g/mol. The Morgan fingerprint density at radius 1 is 1.40 bits per heavy atom. The van der Waals surface area contributed by atoms with Crippen molar-refractivity contribution in [3.8, 4) is 0 Å². The summed E-state index contributed by atoms with van der Waals surface area (Å²) < 4.78 is 0. The molecule has 25 heavy (non-hydrogen) atoms. The summed E-state index contributed by atoms with van der Waals surface area (Å²) >= 11 is 0. The lowest BCUT2D eigenvalue weighted by atomic mass is 9.98. The van der Waals surface area contributed by atoms with Gasteiger partial charge in [-0.15, -0.1) is 0 Å². The summed E-state index contributed by atoms with van der Waals surface area (Å²) in [7, 11) is 0. The predicted octanol–water partition coefficient (Wildman–Crippen LogP) is 1.18. The molecule has 2 rings (SSSR count). The van der Waals surface area contributed by atoms with Gasteiger partial charge in [-0.25, -0.2) is 9.80 Å². The van der Waals surface area contributed by atoms with Crippen molar-refractivity contribution in [3.63, 3.8) is 0 Å². The normalized spacial score (nSPS) is 21.0. The monoisotopic (exact) mass is 346 g/mol. The maximum Gasteiger partial charge on any atom is 0.338 e. The van der Waals surface area contributed by atoms with E-state index in [0.29, 0.717) is 24.1 Å². The minimum absolute atomic E-state index is 0.0195. The number of aliphatic hydroxyl groups excluding tert-OH is 1. The third-order valence-corrected chi connectivity index (χ3v) is 4.06. The Hall–Kier alpha value is -2.90. The molecular formula is C17H22N4O4. The largest absolute Gasteiger partial charge is 0.508 e. The molecule has 134 valence electrons. The van der Waals surface area contributed by atoms with Crippen LogP contribution < -0.4 is 10.6 Å². The number of carbonyl (C=O) groups excluding carboxylic acids is 3. The lowest BCUT2D eigenvalue weighted by molar-refractivity contribution is -0.135. The van der Waals surface area contributed by atoms with Crippen molar-refractivity contribution < 1.29 is 19.5 Å². The fraction of sp³-hybridized carbons (Fsp3) is 0.412. The van der Waals surface area contributed by atoms with Crippen molar-refractivity contribution in [1.29, 1.82) is 0 Å². The number of rotatable bonds is 5. The SMILES string of the molecule is CC1=C(C)C(C(=O)C(=O)NC/C=N/N2C[C@H](C)NC2=O)=CCC=C1O. The van der Waals surface area contributed by atoms with Gasteiger partial charge in [-0.2, -0.15) is 5.10 Å². The first-order valence-corrected chi connectivity index (χ1v) is 8.01. The van der Waals surface area contributed by atoms with Crippen LogP contribution >= 0.6 is 0 Å². The first-order chi connectivity index (χ1) is 11.8. The topological polar surface area (TPSA) is 111 Å². The molecule has 1 saturated heterocycles. The van der Waals surface area contributed by atoms with E-state index in [-0.39, 0.29) is 29.9 Å². The van der Waals surface area contributed by atoms with Crippen molar-refractivity contribution in [2.24, 2.45) is 5.10 Å². The third-order valence-electron chi connectivity index (χ3n) is 4.06. The number of hydrogen-bond donors (Lipinski definition) is 3. The van der Waals surface area contributed by atoms with E-state index in [0.717, 1.165) is 0 Å². The fourth-order valence-electron chi connectivity index (χ4n) is 2.50. The van der Waals surface area contributed by atoms with Crippen molar-refractivity contribution in [2.45, 2.75) is 33.2 Å². The van der Waals surface area contributed by atoms with Crippen molar-refractivity contribution in [3.05, 3.63) is 34.6 Å². The quantitative estimate of drug-likeness (QED) is 0.513. The summed E-state index contributed by atoms with van der Waals surface area (Å²) in [5.41, 5.74) is 1.42. The van der Waals surface area contributed by atoms with E-state index in [9.17, 15) is 19.5 Å². The summed E-state index contributed by atoms with van der Waals surface area (Å²) in [5, 5.41) is 20.2. The van der Waals surface area contributed by atoms with Gasteiger partial charge in [-0.1, -0.05) is 6.08 Å². The van der Waals surface area contributed by atoms with Gasteiger partial charge in [0.25, 0.3) is 5.91 Å². The molecule has 3 N–H and O–H groups in total. The van der Waals surface area contributed by atoms with E-state index in [1.54, 1.807) is 26.0 Å². The lowest BCUT2D eigenvalue weighted by Gasteiger charge is -2.09. The Bertz CT molecular complexity index is 718. The number of amides is 3. The molecule has 1 aliphatic carbocycles. The zero-order valence-electron chi connectivity index (χ0n) is 14.5. The average Bonchev–Trinajstić information content (AvgIpc) is 2.84. The second-order valence-electron chi connectivity index (χ2n) is 5.96. The van der Waals surface area contributed by atoms with Crippen LogP contribution in [0.15, 0.2) is 39.7 Å².